The van der Waals surface area contributed by atoms with E-state index in [0.717, 1.165) is 17.1 Å². The molecular formula is C19H22O5. The van der Waals surface area contributed by atoms with Crippen LogP contribution in [0.1, 0.15) is 35.7 Å². The molecule has 0 spiro atoms. The number of carboxylic acids is 1. The van der Waals surface area contributed by atoms with Crippen LogP contribution in [0, 0.1) is 0 Å². The minimum atomic E-state index is -0.815. The number of hydrogen-bond donors (Lipinski definition) is 1. The van der Waals surface area contributed by atoms with Gasteiger partial charge in [-0.15, -0.1) is 0 Å². The first kappa shape index (κ1) is 19.2. The maximum Gasteiger partial charge on any atom is 0.310 e. The van der Waals surface area contributed by atoms with Gasteiger partial charge in [0.25, 0.3) is 0 Å². The number of Topliss-reactive ketones (excluding diaryl/α,β-unsaturated/α-hetero) is 1. The van der Waals surface area contributed by atoms with E-state index in [1.54, 1.807) is 76.6 Å². The summed E-state index contributed by atoms with van der Waals surface area (Å²) in [6.45, 7) is 3.20. The Morgan fingerprint density at radius 3 is 1.62 bits per heavy atom. The maximum absolute atomic E-state index is 10.8. The number of ether oxygens (including phenoxy) is 2. The van der Waals surface area contributed by atoms with E-state index < -0.39 is 11.9 Å². The summed E-state index contributed by atoms with van der Waals surface area (Å²) in [5, 5.41) is 8.73. The van der Waals surface area contributed by atoms with Gasteiger partial charge in [0.15, 0.2) is 5.78 Å². The van der Waals surface area contributed by atoms with Crippen molar-refractivity contribution in [2.45, 2.75) is 19.8 Å². The summed E-state index contributed by atoms with van der Waals surface area (Å²) in [4.78, 5) is 21.4. The zero-order valence-electron chi connectivity index (χ0n) is 14.3. The van der Waals surface area contributed by atoms with Crippen LogP contribution in [0.5, 0.6) is 11.5 Å². The molecule has 5 nitrogen and oxygen atoms in total. The number of methoxy groups -OCH3 is 2. The fraction of sp³-hybridized carbons (Fsp3) is 0.263. The molecule has 2 aromatic rings. The number of ketones is 1. The number of carboxylic acid groups (broad SMARTS) is 1. The van der Waals surface area contributed by atoms with Crippen molar-refractivity contribution in [1.29, 1.82) is 0 Å². The summed E-state index contributed by atoms with van der Waals surface area (Å²) in [5.41, 5.74) is 1.50. The van der Waals surface area contributed by atoms with E-state index in [0.29, 0.717) is 5.56 Å². The van der Waals surface area contributed by atoms with Crippen LogP contribution in [-0.2, 0) is 4.79 Å². The van der Waals surface area contributed by atoms with Crippen molar-refractivity contribution < 1.29 is 24.2 Å². The maximum atomic E-state index is 10.8. The van der Waals surface area contributed by atoms with Crippen LogP contribution < -0.4 is 9.47 Å². The lowest BCUT2D eigenvalue weighted by Gasteiger charge is -2.06. The predicted molar refractivity (Wildman–Crippen MR) is 92.0 cm³/mol. The van der Waals surface area contributed by atoms with Gasteiger partial charge in [-0.2, -0.15) is 0 Å². The molecule has 0 aromatic heterocycles. The van der Waals surface area contributed by atoms with Crippen LogP contribution >= 0.6 is 0 Å². The second-order valence-electron chi connectivity index (χ2n) is 5.12. The van der Waals surface area contributed by atoms with Crippen molar-refractivity contribution in [3.8, 4) is 11.5 Å². The monoisotopic (exact) mass is 330 g/mol. The minimum absolute atomic E-state index is 0.0765. The van der Waals surface area contributed by atoms with E-state index in [-0.39, 0.29) is 5.78 Å². The Bertz CT molecular complexity index is 659. The zero-order chi connectivity index (χ0) is 18.1. The zero-order valence-corrected chi connectivity index (χ0v) is 14.3. The van der Waals surface area contributed by atoms with Crippen molar-refractivity contribution >= 4 is 11.8 Å². The van der Waals surface area contributed by atoms with Gasteiger partial charge < -0.3 is 14.6 Å². The Morgan fingerprint density at radius 2 is 1.29 bits per heavy atom. The molecule has 0 bridgehead atoms. The Hall–Kier alpha value is -2.82. The van der Waals surface area contributed by atoms with Gasteiger partial charge >= 0.3 is 5.97 Å². The summed E-state index contributed by atoms with van der Waals surface area (Å²) >= 11 is 0. The van der Waals surface area contributed by atoms with Crippen molar-refractivity contribution in [2.75, 3.05) is 14.2 Å². The molecule has 5 heteroatoms. The minimum Gasteiger partial charge on any atom is -0.497 e. The Labute approximate surface area is 141 Å². The molecule has 1 N–H and O–H groups in total. The lowest BCUT2D eigenvalue weighted by Crippen LogP contribution is -2.06. The van der Waals surface area contributed by atoms with Gasteiger partial charge in [-0.1, -0.05) is 12.1 Å². The molecule has 2 aromatic carbocycles. The Morgan fingerprint density at radius 1 is 0.875 bits per heavy atom. The van der Waals surface area contributed by atoms with Gasteiger partial charge in [0.05, 0.1) is 20.1 Å². The van der Waals surface area contributed by atoms with E-state index in [2.05, 4.69) is 0 Å². The van der Waals surface area contributed by atoms with Crippen molar-refractivity contribution in [1.82, 2.24) is 0 Å². The molecule has 0 fully saturated rings. The van der Waals surface area contributed by atoms with Crippen LogP contribution in [0.25, 0.3) is 0 Å². The summed E-state index contributed by atoms with van der Waals surface area (Å²) in [7, 11) is 3.18. The van der Waals surface area contributed by atoms with E-state index >= 15 is 0 Å². The van der Waals surface area contributed by atoms with E-state index in [9.17, 15) is 9.59 Å². The Balaban J connectivity index is 0.000000243. The molecule has 0 saturated carbocycles. The largest absolute Gasteiger partial charge is 0.497 e. The molecule has 2 rings (SSSR count). The molecule has 0 aliphatic carbocycles. The highest BCUT2D eigenvalue weighted by atomic mass is 16.5. The average molecular weight is 330 g/mol. The molecule has 0 radical (unpaired) electrons. The van der Waals surface area contributed by atoms with Gasteiger partial charge in [0.1, 0.15) is 11.5 Å². The summed E-state index contributed by atoms with van der Waals surface area (Å²) in [6, 6.07) is 14.1. The van der Waals surface area contributed by atoms with Gasteiger partial charge in [-0.25, -0.2) is 0 Å². The summed E-state index contributed by atoms with van der Waals surface area (Å²) < 4.78 is 9.90. The van der Waals surface area contributed by atoms with Crippen molar-refractivity contribution in [3.05, 3.63) is 59.7 Å². The molecule has 0 amide bonds. The number of carbonyl (C=O) groups excluding carboxylic acids is 1. The lowest BCUT2D eigenvalue weighted by atomic mass is 10.0. The molecule has 24 heavy (non-hydrogen) atoms. The molecule has 1 atom stereocenters. The number of hydrogen-bond acceptors (Lipinski definition) is 4. The Kier molecular flexibility index (Phi) is 7.49. The molecule has 0 aliphatic rings. The second kappa shape index (κ2) is 9.35. The van der Waals surface area contributed by atoms with Gasteiger partial charge in [-0.3, -0.25) is 9.59 Å². The highest BCUT2D eigenvalue weighted by Crippen LogP contribution is 2.18. The number of carbonyl (C=O) groups is 2. The number of benzene rings is 2. The normalized spacial score (nSPS) is 10.8. The van der Waals surface area contributed by atoms with E-state index in [1.807, 2.05) is 0 Å². The fourth-order valence-electron chi connectivity index (χ4n) is 1.86. The number of aliphatic carboxylic acids is 1. The lowest BCUT2D eigenvalue weighted by molar-refractivity contribution is -0.138. The van der Waals surface area contributed by atoms with Crippen molar-refractivity contribution in [2.24, 2.45) is 0 Å². The summed E-state index contributed by atoms with van der Waals surface area (Å²) in [6.07, 6.45) is 0. The molecular weight excluding hydrogens is 308 g/mol. The van der Waals surface area contributed by atoms with E-state index in [1.165, 1.54) is 0 Å². The van der Waals surface area contributed by atoms with Gasteiger partial charge in [0.2, 0.25) is 0 Å². The molecule has 1 unspecified atom stereocenters. The smallest absolute Gasteiger partial charge is 0.310 e. The third-order valence-electron chi connectivity index (χ3n) is 3.48. The molecule has 0 heterocycles. The molecule has 128 valence electrons. The standard InChI is InChI=1S/C10H12O3.C9H10O2/c1-7(10(11)12)8-3-5-9(13-2)6-4-8;1-7(10)8-3-5-9(11-2)6-4-8/h3-7H,1-2H3,(H,11,12);3-6H,1-2H3. The topological polar surface area (TPSA) is 72.8 Å². The predicted octanol–water partition coefficient (Wildman–Crippen LogP) is 3.78. The van der Waals surface area contributed by atoms with Gasteiger partial charge in [-0.05, 0) is 55.8 Å². The third kappa shape index (κ3) is 5.76. The van der Waals surface area contributed by atoms with Crippen LogP contribution in [-0.4, -0.2) is 31.1 Å². The third-order valence-corrected chi connectivity index (χ3v) is 3.48. The highest BCUT2D eigenvalue weighted by molar-refractivity contribution is 5.94. The van der Waals surface area contributed by atoms with Crippen molar-refractivity contribution in [3.63, 3.8) is 0 Å². The average Bonchev–Trinajstić information content (AvgIpc) is 2.61. The SMILES string of the molecule is COc1ccc(C(C)=O)cc1.COc1ccc(C(C)C(=O)O)cc1. The van der Waals surface area contributed by atoms with Gasteiger partial charge in [0, 0.05) is 5.56 Å². The fourth-order valence-corrected chi connectivity index (χ4v) is 1.86. The molecule has 0 aliphatic heterocycles. The van der Waals surface area contributed by atoms with Crippen LogP contribution in [0.3, 0.4) is 0 Å². The quantitative estimate of drug-likeness (QED) is 0.845. The summed E-state index contributed by atoms with van der Waals surface area (Å²) in [5.74, 6) is 0.306. The first-order valence-electron chi connectivity index (χ1n) is 7.40. The molecule has 0 saturated heterocycles. The first-order chi connectivity index (χ1) is 11.4. The second-order valence-corrected chi connectivity index (χ2v) is 5.12. The van der Waals surface area contributed by atoms with Crippen LogP contribution in [0.4, 0.5) is 0 Å². The van der Waals surface area contributed by atoms with E-state index in [4.69, 9.17) is 14.6 Å². The highest BCUT2D eigenvalue weighted by Gasteiger charge is 2.12. The first-order valence-corrected chi connectivity index (χ1v) is 7.40. The number of rotatable bonds is 5. The van der Waals surface area contributed by atoms with Crippen LogP contribution in [0.15, 0.2) is 48.5 Å². The van der Waals surface area contributed by atoms with Crippen LogP contribution in [0.2, 0.25) is 0 Å².